The predicted octanol–water partition coefficient (Wildman–Crippen LogP) is 5.01. The van der Waals surface area contributed by atoms with Gasteiger partial charge in [0.2, 0.25) is 23.6 Å². The van der Waals surface area contributed by atoms with E-state index in [9.17, 15) is 38.4 Å². The monoisotopic (exact) mass is 882 g/mol. The molecule has 0 aromatic rings. The fourth-order valence-corrected chi connectivity index (χ4v) is 7.84. The lowest BCUT2D eigenvalue weighted by molar-refractivity contribution is -0.142. The van der Waals surface area contributed by atoms with Gasteiger partial charge in [-0.05, 0) is 52.2 Å². The molecule has 356 valence electrons. The van der Waals surface area contributed by atoms with E-state index in [2.05, 4.69) is 32.6 Å². The Morgan fingerprint density at radius 3 is 1.16 bits per heavy atom. The van der Waals surface area contributed by atoms with Gasteiger partial charge in [0, 0.05) is 78.0 Å². The number of carboxylic acids is 4. The average molecular weight is 882 g/mol. The third-order valence-corrected chi connectivity index (χ3v) is 11.9. The number of carbonyl (C=O) groups excluding carboxylic acids is 4. The molecule has 0 aromatic heterocycles. The third-order valence-electron chi connectivity index (χ3n) is 11.9. The van der Waals surface area contributed by atoms with Gasteiger partial charge >= 0.3 is 23.9 Å². The van der Waals surface area contributed by atoms with Crippen molar-refractivity contribution in [1.82, 2.24) is 24.5 Å². The topological polar surface area (TPSA) is 234 Å². The summed E-state index contributed by atoms with van der Waals surface area (Å²) in [5, 5.41) is 35.2. The first-order valence-electron chi connectivity index (χ1n) is 23.1. The van der Waals surface area contributed by atoms with Crippen LogP contribution in [0, 0.1) is 29.6 Å². The fourth-order valence-electron chi connectivity index (χ4n) is 7.84. The van der Waals surface area contributed by atoms with E-state index in [1.165, 1.54) is 32.1 Å². The minimum absolute atomic E-state index is 0.00268. The van der Waals surface area contributed by atoms with Gasteiger partial charge in [-0.25, -0.2) is 0 Å². The Labute approximate surface area is 369 Å². The highest BCUT2D eigenvalue weighted by molar-refractivity contribution is 5.87. The molecule has 17 nitrogen and oxygen atoms in total. The van der Waals surface area contributed by atoms with Gasteiger partial charge in [-0.3, -0.25) is 38.4 Å². The summed E-state index contributed by atoms with van der Waals surface area (Å²) >= 11 is 0. The minimum atomic E-state index is -0.863. The second kappa shape index (κ2) is 30.7. The predicted molar refractivity (Wildman–Crippen MR) is 234 cm³/mol. The molecule has 4 N–H and O–H groups in total. The lowest BCUT2D eigenvalue weighted by atomic mass is 9.99. The third kappa shape index (κ3) is 21.7. The van der Waals surface area contributed by atoms with Gasteiger partial charge in [0.1, 0.15) is 0 Å². The summed E-state index contributed by atoms with van der Waals surface area (Å²) in [6.07, 6.45) is 15.1. The average Bonchev–Trinajstić information content (AvgIpc) is 3.99. The van der Waals surface area contributed by atoms with Crippen molar-refractivity contribution in [2.75, 3.05) is 73.0 Å². The molecule has 4 amide bonds. The summed E-state index contributed by atoms with van der Waals surface area (Å²) in [6, 6.07) is 0. The number of hydrogen-bond acceptors (Lipinski definition) is 9. The second-order valence-corrected chi connectivity index (χ2v) is 17.5. The van der Waals surface area contributed by atoms with E-state index in [4.69, 9.17) is 20.4 Å². The first kappa shape index (κ1) is 55.7. The lowest BCUT2D eigenvalue weighted by Gasteiger charge is -2.22. The highest BCUT2D eigenvalue weighted by Crippen LogP contribution is 2.23. The number of hydrogen-bond donors (Lipinski definition) is 4. The van der Waals surface area contributed by atoms with Crippen molar-refractivity contribution in [3.8, 4) is 0 Å². The van der Waals surface area contributed by atoms with Crippen LogP contribution < -0.4 is 0 Å². The number of carboxylic acid groups (broad SMARTS) is 4. The van der Waals surface area contributed by atoms with Crippen molar-refractivity contribution in [2.45, 2.75) is 137 Å². The molecule has 0 spiro atoms. The summed E-state index contributed by atoms with van der Waals surface area (Å²) in [4.78, 5) is 97.6. The van der Waals surface area contributed by atoms with Crippen molar-refractivity contribution < 1.29 is 58.8 Å². The SMILES string of the molecule is CCCCC(CC)CN1CC(C(=O)O)CC1=O.CCCCCCCN1CC(C(=O)O)CC1=O.CCCCCN1CC(C(=O)O)CC1=O.CN(C)CCCN1CC(C(=O)O)CC1=O. The molecule has 4 rings (SSSR count). The summed E-state index contributed by atoms with van der Waals surface area (Å²) in [5.74, 6) is -4.87. The largest absolute Gasteiger partial charge is 0.481 e. The molecule has 5 atom stereocenters. The second-order valence-electron chi connectivity index (χ2n) is 17.5. The molecule has 0 radical (unpaired) electrons. The molecule has 0 aliphatic carbocycles. The van der Waals surface area contributed by atoms with Crippen LogP contribution in [-0.4, -0.2) is 165 Å². The van der Waals surface area contributed by atoms with Crippen molar-refractivity contribution >= 4 is 47.5 Å². The van der Waals surface area contributed by atoms with Crippen molar-refractivity contribution in [3.05, 3.63) is 0 Å². The molecule has 0 aromatic carbocycles. The Hall–Kier alpha value is -4.28. The molecule has 4 saturated heterocycles. The lowest BCUT2D eigenvalue weighted by Crippen LogP contribution is -2.31. The highest BCUT2D eigenvalue weighted by atomic mass is 16.4. The van der Waals surface area contributed by atoms with Crippen molar-refractivity contribution in [3.63, 3.8) is 0 Å². The van der Waals surface area contributed by atoms with Crippen LogP contribution in [0.15, 0.2) is 0 Å². The summed E-state index contributed by atoms with van der Waals surface area (Å²) in [6.45, 7) is 13.9. The Morgan fingerprint density at radius 2 is 0.823 bits per heavy atom. The van der Waals surface area contributed by atoms with E-state index in [-0.39, 0.29) is 49.3 Å². The molecule has 62 heavy (non-hydrogen) atoms. The Bertz CT molecular complexity index is 1430. The van der Waals surface area contributed by atoms with Gasteiger partial charge in [0.25, 0.3) is 0 Å². The number of rotatable bonds is 24. The summed E-state index contributed by atoms with van der Waals surface area (Å²) in [5.41, 5.74) is 0. The highest BCUT2D eigenvalue weighted by Gasteiger charge is 2.36. The summed E-state index contributed by atoms with van der Waals surface area (Å²) in [7, 11) is 3.96. The zero-order chi connectivity index (χ0) is 46.8. The molecular weight excluding hydrogens is 803 g/mol. The van der Waals surface area contributed by atoms with E-state index in [1.807, 2.05) is 14.1 Å². The van der Waals surface area contributed by atoms with Gasteiger partial charge in [0.15, 0.2) is 0 Å². The summed E-state index contributed by atoms with van der Waals surface area (Å²) < 4.78 is 0. The Morgan fingerprint density at radius 1 is 0.500 bits per heavy atom. The minimum Gasteiger partial charge on any atom is -0.481 e. The van der Waals surface area contributed by atoms with Gasteiger partial charge in [-0.15, -0.1) is 0 Å². The molecule has 5 unspecified atom stereocenters. The molecular formula is C45H79N5O12. The number of nitrogens with zero attached hydrogens (tertiary/aromatic N) is 5. The van der Waals surface area contributed by atoms with Crippen LogP contribution in [0.4, 0.5) is 0 Å². The first-order valence-corrected chi connectivity index (χ1v) is 23.1. The van der Waals surface area contributed by atoms with E-state index in [0.29, 0.717) is 38.6 Å². The quantitative estimate of drug-likeness (QED) is 0.0936. The van der Waals surface area contributed by atoms with Crippen LogP contribution in [0.1, 0.15) is 137 Å². The van der Waals surface area contributed by atoms with E-state index < -0.39 is 47.5 Å². The molecule has 4 aliphatic heterocycles. The van der Waals surface area contributed by atoms with Crippen LogP contribution in [0.5, 0.6) is 0 Å². The Balaban J connectivity index is 0.000000414. The van der Waals surface area contributed by atoms with E-state index >= 15 is 0 Å². The fraction of sp³-hybridized carbons (Fsp3) is 0.822. The zero-order valence-electron chi connectivity index (χ0n) is 38.6. The van der Waals surface area contributed by atoms with Gasteiger partial charge < -0.3 is 44.9 Å². The first-order chi connectivity index (χ1) is 29.4. The molecule has 17 heteroatoms. The Kier molecular flexibility index (Phi) is 27.6. The number of likely N-dealkylation sites (tertiary alicyclic amines) is 4. The number of carbonyl (C=O) groups is 8. The van der Waals surface area contributed by atoms with Gasteiger partial charge in [-0.1, -0.05) is 85.5 Å². The normalized spacial score (nSPS) is 21.3. The number of amides is 4. The van der Waals surface area contributed by atoms with Crippen LogP contribution in [0.25, 0.3) is 0 Å². The maximum Gasteiger partial charge on any atom is 0.308 e. The maximum absolute atomic E-state index is 11.7. The molecule has 0 saturated carbocycles. The van der Waals surface area contributed by atoms with Crippen LogP contribution >= 0.6 is 0 Å². The van der Waals surface area contributed by atoms with Crippen LogP contribution in [-0.2, 0) is 38.4 Å². The van der Waals surface area contributed by atoms with Crippen molar-refractivity contribution in [2.24, 2.45) is 29.6 Å². The molecule has 4 fully saturated rings. The maximum atomic E-state index is 11.7. The van der Waals surface area contributed by atoms with E-state index in [0.717, 1.165) is 77.5 Å². The van der Waals surface area contributed by atoms with Crippen LogP contribution in [0.2, 0.25) is 0 Å². The standard InChI is InChI=1S/C13H23NO3.C12H21NO3.C10H18N2O3.C10H17NO3/c1-3-5-6-10(4-2)8-14-9-11(13(16)17)7-12(14)15;1-2-3-4-5-6-7-13-9-10(12(15)16)8-11(13)14;1-11(2)4-3-5-12-7-8(10(14)15)6-9(12)13;1-2-3-4-5-11-7-8(10(13)14)6-9(11)12/h10-11H,3-9H2,1-2H3,(H,16,17);10H,2-9H2,1H3,(H,15,16);8H,3-7H2,1-2H3,(H,14,15);8H,2-7H2,1H3,(H,13,14). The number of aliphatic carboxylic acids is 4. The number of unbranched alkanes of at least 4 members (excludes halogenated alkanes) is 7. The molecule has 4 aliphatic rings. The van der Waals surface area contributed by atoms with Crippen LogP contribution in [0.3, 0.4) is 0 Å². The zero-order valence-corrected chi connectivity index (χ0v) is 38.6. The molecule has 4 heterocycles. The van der Waals surface area contributed by atoms with Gasteiger partial charge in [0.05, 0.1) is 23.7 Å². The van der Waals surface area contributed by atoms with E-state index in [1.54, 1.807) is 19.6 Å². The smallest absolute Gasteiger partial charge is 0.308 e. The van der Waals surface area contributed by atoms with Gasteiger partial charge in [-0.2, -0.15) is 0 Å². The van der Waals surface area contributed by atoms with Crippen molar-refractivity contribution in [1.29, 1.82) is 0 Å². The molecule has 0 bridgehead atoms.